The number of esters is 2. The van der Waals surface area contributed by atoms with Gasteiger partial charge in [-0.05, 0) is 61.7 Å². The molecule has 21 heavy (non-hydrogen) atoms. The van der Waals surface area contributed by atoms with Gasteiger partial charge in [-0.25, -0.2) is 4.79 Å². The Labute approximate surface area is 125 Å². The van der Waals surface area contributed by atoms with Gasteiger partial charge in [-0.1, -0.05) is 0 Å². The maximum absolute atomic E-state index is 12.3. The Kier molecular flexibility index (Phi) is 3.72. The minimum absolute atomic E-state index is 0.282. The molecule has 0 radical (unpaired) electrons. The van der Waals surface area contributed by atoms with Gasteiger partial charge in [0.15, 0.2) is 6.10 Å². The van der Waals surface area contributed by atoms with E-state index in [1.807, 2.05) is 0 Å². The van der Waals surface area contributed by atoms with Crippen molar-refractivity contribution >= 4 is 11.9 Å². The fourth-order valence-corrected chi connectivity index (χ4v) is 5.66. The van der Waals surface area contributed by atoms with Crippen molar-refractivity contribution in [2.24, 2.45) is 29.1 Å². The average molecular weight is 296 g/mol. The highest BCUT2D eigenvalue weighted by Crippen LogP contribution is 2.63. The number of methoxy groups -OCH3 is 2. The molecule has 0 aromatic heterocycles. The van der Waals surface area contributed by atoms with E-state index in [0.29, 0.717) is 17.8 Å². The van der Waals surface area contributed by atoms with Crippen molar-refractivity contribution < 1.29 is 24.2 Å². The van der Waals surface area contributed by atoms with Gasteiger partial charge in [0.1, 0.15) is 0 Å². The number of hydrogen-bond acceptors (Lipinski definition) is 5. The van der Waals surface area contributed by atoms with E-state index in [1.54, 1.807) is 0 Å². The average Bonchev–Trinajstić information content (AvgIpc) is 2.44. The van der Waals surface area contributed by atoms with E-state index in [1.165, 1.54) is 33.5 Å². The van der Waals surface area contributed by atoms with Crippen LogP contribution in [0.3, 0.4) is 0 Å². The summed E-state index contributed by atoms with van der Waals surface area (Å²) in [5.74, 6) is -0.103. The smallest absolute Gasteiger partial charge is 0.335 e. The molecule has 0 aliphatic heterocycles. The second kappa shape index (κ2) is 5.27. The van der Waals surface area contributed by atoms with Crippen molar-refractivity contribution in [3.63, 3.8) is 0 Å². The Hall–Kier alpha value is -1.10. The zero-order chi connectivity index (χ0) is 15.2. The Morgan fingerprint density at radius 2 is 1.38 bits per heavy atom. The van der Waals surface area contributed by atoms with Gasteiger partial charge in [0.25, 0.3) is 0 Å². The maximum Gasteiger partial charge on any atom is 0.335 e. The van der Waals surface area contributed by atoms with Gasteiger partial charge in [0.2, 0.25) is 0 Å². The monoisotopic (exact) mass is 296 g/mol. The molecule has 0 saturated heterocycles. The SMILES string of the molecule is COC(=O)C(O)C(C(=O)OC)C12CC3CC(CC(C3)C1)C2. The lowest BCUT2D eigenvalue weighted by atomic mass is 9.46. The molecule has 4 rings (SSSR count). The summed E-state index contributed by atoms with van der Waals surface area (Å²) in [5.41, 5.74) is -0.282. The zero-order valence-electron chi connectivity index (χ0n) is 12.7. The van der Waals surface area contributed by atoms with Crippen LogP contribution in [0.4, 0.5) is 0 Å². The third-order valence-corrected chi connectivity index (χ3v) is 5.96. The molecule has 1 N–H and O–H groups in total. The topological polar surface area (TPSA) is 72.8 Å². The number of carbonyl (C=O) groups excluding carboxylic acids is 2. The molecule has 5 heteroatoms. The van der Waals surface area contributed by atoms with E-state index in [0.717, 1.165) is 19.3 Å². The summed E-state index contributed by atoms with van der Waals surface area (Å²) >= 11 is 0. The minimum Gasteiger partial charge on any atom is -0.469 e. The van der Waals surface area contributed by atoms with Crippen LogP contribution in [-0.4, -0.2) is 37.4 Å². The molecule has 0 aromatic carbocycles. The third kappa shape index (κ3) is 2.35. The van der Waals surface area contributed by atoms with Crippen LogP contribution >= 0.6 is 0 Å². The van der Waals surface area contributed by atoms with Crippen LogP contribution in [0.1, 0.15) is 38.5 Å². The molecule has 0 aromatic rings. The fraction of sp³-hybridized carbons (Fsp3) is 0.875. The van der Waals surface area contributed by atoms with E-state index < -0.39 is 24.0 Å². The normalized spacial score (nSPS) is 39.7. The molecule has 4 bridgehead atoms. The van der Waals surface area contributed by atoms with Crippen molar-refractivity contribution in [2.75, 3.05) is 14.2 Å². The number of hydrogen-bond donors (Lipinski definition) is 1. The molecule has 118 valence electrons. The van der Waals surface area contributed by atoms with Gasteiger partial charge in [0.05, 0.1) is 20.1 Å². The predicted octanol–water partition coefficient (Wildman–Crippen LogP) is 1.53. The first-order valence-electron chi connectivity index (χ1n) is 7.83. The molecule has 4 aliphatic rings. The van der Waals surface area contributed by atoms with E-state index in [9.17, 15) is 14.7 Å². The highest BCUT2D eigenvalue weighted by atomic mass is 16.5. The van der Waals surface area contributed by atoms with Gasteiger partial charge in [-0.15, -0.1) is 0 Å². The third-order valence-electron chi connectivity index (χ3n) is 5.96. The minimum atomic E-state index is -1.42. The summed E-state index contributed by atoms with van der Waals surface area (Å²) in [5, 5.41) is 10.4. The highest BCUT2D eigenvalue weighted by molar-refractivity contribution is 5.84. The van der Waals surface area contributed by atoms with Crippen LogP contribution in [0.25, 0.3) is 0 Å². The summed E-state index contributed by atoms with van der Waals surface area (Å²) in [7, 11) is 2.55. The molecular formula is C16H24O5. The van der Waals surface area contributed by atoms with Gasteiger partial charge in [-0.3, -0.25) is 4.79 Å². The summed E-state index contributed by atoms with van der Waals surface area (Å²) in [6.45, 7) is 0. The summed E-state index contributed by atoms with van der Waals surface area (Å²) < 4.78 is 9.57. The van der Waals surface area contributed by atoms with E-state index in [2.05, 4.69) is 4.74 Å². The van der Waals surface area contributed by atoms with Crippen molar-refractivity contribution in [1.82, 2.24) is 0 Å². The number of aliphatic hydroxyl groups excluding tert-OH is 1. The molecule has 2 atom stereocenters. The summed E-state index contributed by atoms with van der Waals surface area (Å²) in [6, 6.07) is 0. The highest BCUT2D eigenvalue weighted by Gasteiger charge is 2.59. The van der Waals surface area contributed by atoms with Crippen LogP contribution in [0, 0.1) is 29.1 Å². The van der Waals surface area contributed by atoms with Crippen LogP contribution in [0.15, 0.2) is 0 Å². The van der Waals surface area contributed by atoms with Crippen molar-refractivity contribution in [2.45, 2.75) is 44.6 Å². The van der Waals surface area contributed by atoms with Crippen molar-refractivity contribution in [3.05, 3.63) is 0 Å². The van der Waals surface area contributed by atoms with Crippen LogP contribution in [0.2, 0.25) is 0 Å². The first-order valence-corrected chi connectivity index (χ1v) is 7.83. The lowest BCUT2D eigenvalue weighted by Crippen LogP contribution is -2.56. The van der Waals surface area contributed by atoms with Crippen LogP contribution in [0.5, 0.6) is 0 Å². The first-order chi connectivity index (χ1) is 9.99. The fourth-order valence-electron chi connectivity index (χ4n) is 5.66. The Balaban J connectivity index is 1.92. The molecule has 4 fully saturated rings. The number of aliphatic hydroxyl groups is 1. The van der Waals surface area contributed by atoms with Gasteiger partial charge < -0.3 is 14.6 Å². The second-order valence-corrected chi connectivity index (χ2v) is 7.25. The largest absolute Gasteiger partial charge is 0.469 e. The lowest BCUT2D eigenvalue weighted by Gasteiger charge is -2.59. The van der Waals surface area contributed by atoms with E-state index >= 15 is 0 Å². The van der Waals surface area contributed by atoms with Gasteiger partial charge in [-0.2, -0.15) is 0 Å². The first kappa shape index (κ1) is 14.8. The molecule has 4 saturated carbocycles. The van der Waals surface area contributed by atoms with Crippen molar-refractivity contribution in [3.8, 4) is 0 Å². The van der Waals surface area contributed by atoms with Gasteiger partial charge >= 0.3 is 11.9 Å². The quantitative estimate of drug-likeness (QED) is 0.796. The van der Waals surface area contributed by atoms with E-state index in [-0.39, 0.29) is 5.41 Å². The molecule has 0 amide bonds. The predicted molar refractivity (Wildman–Crippen MR) is 74.1 cm³/mol. The second-order valence-electron chi connectivity index (χ2n) is 7.25. The molecule has 2 unspecified atom stereocenters. The molecule has 5 nitrogen and oxygen atoms in total. The maximum atomic E-state index is 12.3. The number of carbonyl (C=O) groups is 2. The van der Waals surface area contributed by atoms with E-state index in [4.69, 9.17) is 4.74 Å². The lowest BCUT2D eigenvalue weighted by molar-refractivity contribution is -0.183. The Morgan fingerprint density at radius 1 is 0.952 bits per heavy atom. The Morgan fingerprint density at radius 3 is 1.76 bits per heavy atom. The summed E-state index contributed by atoms with van der Waals surface area (Å²) in [4.78, 5) is 24.1. The van der Waals surface area contributed by atoms with Crippen molar-refractivity contribution in [1.29, 1.82) is 0 Å². The molecule has 0 heterocycles. The zero-order valence-corrected chi connectivity index (χ0v) is 12.7. The molecular weight excluding hydrogens is 272 g/mol. The number of rotatable bonds is 4. The standard InChI is InChI=1S/C16H24O5/c1-20-14(18)12(13(17)15(19)21-2)16-6-9-3-10(7-16)5-11(4-9)8-16/h9-13,17H,3-8H2,1-2H3. The number of ether oxygens (including phenoxy) is 2. The molecule has 4 aliphatic carbocycles. The van der Waals surface area contributed by atoms with Gasteiger partial charge in [0, 0.05) is 0 Å². The van der Waals surface area contributed by atoms with Crippen LogP contribution < -0.4 is 0 Å². The molecule has 0 spiro atoms. The van der Waals surface area contributed by atoms with Crippen LogP contribution in [-0.2, 0) is 19.1 Å². The Bertz CT molecular complexity index is 409. The summed E-state index contributed by atoms with van der Waals surface area (Å²) in [6.07, 6.45) is 5.07.